The van der Waals surface area contributed by atoms with Crippen LogP contribution < -0.4 is 10.9 Å². The Kier molecular flexibility index (Phi) is 5.49. The molecule has 3 aromatic rings. The van der Waals surface area contributed by atoms with E-state index in [-0.39, 0.29) is 18.0 Å². The Hall–Kier alpha value is -3.15. The second kappa shape index (κ2) is 7.84. The zero-order valence-corrected chi connectivity index (χ0v) is 17.0. The molecule has 2 N–H and O–H groups in total. The molecule has 0 aliphatic carbocycles. The molecule has 3 rings (SSSR count). The Morgan fingerprint density at radius 1 is 1.18 bits per heavy atom. The Morgan fingerprint density at radius 2 is 1.93 bits per heavy atom. The Morgan fingerprint density at radius 3 is 2.61 bits per heavy atom. The van der Waals surface area contributed by atoms with Crippen LogP contribution in [0.5, 0.6) is 0 Å². The highest BCUT2D eigenvalue weighted by molar-refractivity contribution is 5.97. The van der Waals surface area contributed by atoms with Crippen LogP contribution in [0.15, 0.2) is 35.3 Å². The number of amides is 1. The minimum atomic E-state index is -0.195. The number of nitrogens with zero attached hydrogens (tertiary/aromatic N) is 2. The van der Waals surface area contributed by atoms with E-state index in [1.807, 2.05) is 69.8 Å². The number of nitrogens with one attached hydrogen (secondary N) is 2. The molecule has 0 atom stereocenters. The minimum absolute atomic E-state index is 0.161. The average molecular weight is 378 g/mol. The Labute approximate surface area is 164 Å². The molecule has 28 heavy (non-hydrogen) atoms. The molecule has 146 valence electrons. The molecule has 0 radical (unpaired) electrons. The van der Waals surface area contributed by atoms with Gasteiger partial charge in [-0.05, 0) is 63.4 Å². The van der Waals surface area contributed by atoms with Crippen molar-refractivity contribution in [1.29, 1.82) is 0 Å². The highest BCUT2D eigenvalue weighted by atomic mass is 16.1. The summed E-state index contributed by atoms with van der Waals surface area (Å²) in [6.45, 7) is 10.7. The molecule has 6 heteroatoms. The number of hydrogen-bond acceptors (Lipinski definition) is 3. The lowest BCUT2D eigenvalue weighted by Gasteiger charge is -2.14. The van der Waals surface area contributed by atoms with Crippen LogP contribution in [0.1, 0.15) is 45.2 Å². The first-order valence-corrected chi connectivity index (χ1v) is 9.43. The first kappa shape index (κ1) is 19.6. The summed E-state index contributed by atoms with van der Waals surface area (Å²) in [7, 11) is 0. The van der Waals surface area contributed by atoms with Crippen molar-refractivity contribution in [1.82, 2.24) is 20.1 Å². The predicted molar refractivity (Wildman–Crippen MR) is 111 cm³/mol. The predicted octanol–water partition coefficient (Wildman–Crippen LogP) is 3.42. The van der Waals surface area contributed by atoms with Crippen molar-refractivity contribution in [2.24, 2.45) is 0 Å². The normalized spacial score (nSPS) is 10.9. The van der Waals surface area contributed by atoms with Crippen LogP contribution >= 0.6 is 0 Å². The molecule has 2 aromatic heterocycles. The molecular formula is C22H26N4O2. The van der Waals surface area contributed by atoms with E-state index >= 15 is 0 Å². The summed E-state index contributed by atoms with van der Waals surface area (Å²) in [6, 6.07) is 7.61. The number of aromatic nitrogens is 3. The van der Waals surface area contributed by atoms with Crippen LogP contribution in [0.4, 0.5) is 0 Å². The minimum Gasteiger partial charge on any atom is -0.348 e. The summed E-state index contributed by atoms with van der Waals surface area (Å²) in [4.78, 5) is 27.8. The third kappa shape index (κ3) is 3.63. The van der Waals surface area contributed by atoms with Gasteiger partial charge in [0.1, 0.15) is 0 Å². The van der Waals surface area contributed by atoms with E-state index in [2.05, 4.69) is 15.4 Å². The van der Waals surface area contributed by atoms with Crippen LogP contribution in [0.3, 0.4) is 0 Å². The second-order valence-electron chi connectivity index (χ2n) is 7.10. The molecular weight excluding hydrogens is 352 g/mol. The van der Waals surface area contributed by atoms with Gasteiger partial charge in [-0.15, -0.1) is 0 Å². The summed E-state index contributed by atoms with van der Waals surface area (Å²) in [5, 5.41) is 7.30. The van der Waals surface area contributed by atoms with Gasteiger partial charge < -0.3 is 10.3 Å². The van der Waals surface area contributed by atoms with Crippen LogP contribution in [0, 0.1) is 27.7 Å². The fourth-order valence-electron chi connectivity index (χ4n) is 3.57. The van der Waals surface area contributed by atoms with E-state index in [0.717, 1.165) is 40.2 Å². The molecule has 0 saturated carbocycles. The van der Waals surface area contributed by atoms with Gasteiger partial charge in [0.25, 0.3) is 11.5 Å². The zero-order chi connectivity index (χ0) is 20.4. The monoisotopic (exact) mass is 378 g/mol. The molecule has 2 heterocycles. The quantitative estimate of drug-likeness (QED) is 0.714. The number of H-pyrrole nitrogens is 1. The van der Waals surface area contributed by atoms with Crippen molar-refractivity contribution in [2.45, 2.75) is 47.7 Å². The van der Waals surface area contributed by atoms with Crippen molar-refractivity contribution >= 4 is 5.91 Å². The number of rotatable bonds is 5. The number of aromatic amines is 1. The average Bonchev–Trinajstić information content (AvgIpc) is 3.01. The van der Waals surface area contributed by atoms with Crippen molar-refractivity contribution in [3.63, 3.8) is 0 Å². The molecule has 0 bridgehead atoms. The van der Waals surface area contributed by atoms with Gasteiger partial charge >= 0.3 is 0 Å². The molecule has 1 aromatic carbocycles. The SMILES string of the molecule is CCn1ncc(C)c1-c1cccc(C(=O)NCc2c(C)cc(C)[nH]c2=O)c1C. The van der Waals surface area contributed by atoms with E-state index in [9.17, 15) is 9.59 Å². The van der Waals surface area contributed by atoms with Gasteiger partial charge in [-0.25, -0.2) is 0 Å². The van der Waals surface area contributed by atoms with E-state index in [1.54, 1.807) is 0 Å². The fraction of sp³-hybridized carbons (Fsp3) is 0.318. The summed E-state index contributed by atoms with van der Waals surface area (Å²) in [5.74, 6) is -0.195. The third-order valence-corrected chi connectivity index (χ3v) is 5.08. The topological polar surface area (TPSA) is 79.8 Å². The molecule has 0 aliphatic heterocycles. The number of carbonyl (C=O) groups excluding carboxylic acids is 1. The standard InChI is InChI=1S/C22H26N4O2/c1-6-26-20(14(3)11-24-26)17-8-7-9-18(16(17)5)21(27)23-12-19-13(2)10-15(4)25-22(19)28/h7-11H,6,12H2,1-5H3,(H,23,27)(H,25,28). The van der Waals surface area contributed by atoms with Gasteiger partial charge in [-0.3, -0.25) is 14.3 Å². The second-order valence-corrected chi connectivity index (χ2v) is 7.10. The maximum atomic E-state index is 12.8. The fourth-order valence-corrected chi connectivity index (χ4v) is 3.57. The van der Waals surface area contributed by atoms with Gasteiger partial charge in [-0.2, -0.15) is 5.10 Å². The third-order valence-electron chi connectivity index (χ3n) is 5.08. The first-order valence-electron chi connectivity index (χ1n) is 9.43. The number of pyridine rings is 1. The Balaban J connectivity index is 1.90. The number of aryl methyl sites for hydroxylation is 4. The van der Waals surface area contributed by atoms with Gasteiger partial charge in [0, 0.05) is 35.5 Å². The Bertz CT molecular complexity index is 1090. The molecule has 1 amide bonds. The van der Waals surface area contributed by atoms with E-state index in [1.165, 1.54) is 0 Å². The van der Waals surface area contributed by atoms with Gasteiger partial charge in [-0.1, -0.05) is 12.1 Å². The summed E-state index contributed by atoms with van der Waals surface area (Å²) in [5.41, 5.74) is 6.69. The lowest BCUT2D eigenvalue weighted by molar-refractivity contribution is 0.0950. The maximum Gasteiger partial charge on any atom is 0.253 e. The van der Waals surface area contributed by atoms with Crippen LogP contribution in [-0.2, 0) is 13.1 Å². The smallest absolute Gasteiger partial charge is 0.253 e. The summed E-state index contributed by atoms with van der Waals surface area (Å²) in [6.07, 6.45) is 1.84. The van der Waals surface area contributed by atoms with Crippen LogP contribution in [0.25, 0.3) is 11.3 Å². The van der Waals surface area contributed by atoms with Crippen molar-refractivity contribution in [3.05, 3.63) is 74.3 Å². The van der Waals surface area contributed by atoms with Crippen LogP contribution in [-0.4, -0.2) is 20.7 Å². The van der Waals surface area contributed by atoms with E-state index < -0.39 is 0 Å². The highest BCUT2D eigenvalue weighted by Crippen LogP contribution is 2.28. The number of carbonyl (C=O) groups is 1. The van der Waals surface area contributed by atoms with Crippen molar-refractivity contribution in [2.75, 3.05) is 0 Å². The lowest BCUT2D eigenvalue weighted by Crippen LogP contribution is -2.28. The molecule has 6 nitrogen and oxygen atoms in total. The van der Waals surface area contributed by atoms with Gasteiger partial charge in [0.2, 0.25) is 0 Å². The van der Waals surface area contributed by atoms with Crippen LogP contribution in [0.2, 0.25) is 0 Å². The van der Waals surface area contributed by atoms with E-state index in [0.29, 0.717) is 11.1 Å². The van der Waals surface area contributed by atoms with Crippen molar-refractivity contribution < 1.29 is 4.79 Å². The highest BCUT2D eigenvalue weighted by Gasteiger charge is 2.17. The summed E-state index contributed by atoms with van der Waals surface area (Å²) >= 11 is 0. The molecule has 0 unspecified atom stereocenters. The first-order chi connectivity index (χ1) is 13.3. The molecule has 0 fully saturated rings. The number of benzene rings is 1. The lowest BCUT2D eigenvalue weighted by atomic mass is 9.97. The maximum absolute atomic E-state index is 12.8. The summed E-state index contributed by atoms with van der Waals surface area (Å²) < 4.78 is 1.94. The number of hydrogen-bond donors (Lipinski definition) is 2. The zero-order valence-electron chi connectivity index (χ0n) is 17.0. The molecule has 0 aliphatic rings. The van der Waals surface area contributed by atoms with E-state index in [4.69, 9.17) is 0 Å². The molecule has 0 spiro atoms. The largest absolute Gasteiger partial charge is 0.348 e. The van der Waals surface area contributed by atoms with Gasteiger partial charge in [0.05, 0.1) is 11.9 Å². The van der Waals surface area contributed by atoms with Gasteiger partial charge in [0.15, 0.2) is 0 Å². The molecule has 0 saturated heterocycles. The van der Waals surface area contributed by atoms with Crippen molar-refractivity contribution in [3.8, 4) is 11.3 Å².